The van der Waals surface area contributed by atoms with Crippen molar-refractivity contribution in [1.29, 1.82) is 0 Å². The average molecular weight is 354 g/mol. The van der Waals surface area contributed by atoms with Gasteiger partial charge in [-0.25, -0.2) is 4.79 Å². The summed E-state index contributed by atoms with van der Waals surface area (Å²) in [4.78, 5) is 24.7. The van der Waals surface area contributed by atoms with Gasteiger partial charge >= 0.3 is 5.97 Å². The number of carbonyl (C=O) groups is 2. The van der Waals surface area contributed by atoms with Crippen LogP contribution < -0.4 is 4.74 Å². The van der Waals surface area contributed by atoms with Gasteiger partial charge < -0.3 is 9.47 Å². The van der Waals surface area contributed by atoms with Gasteiger partial charge in [-0.05, 0) is 73.1 Å². The topological polar surface area (TPSA) is 52.6 Å². The number of carbonyl (C=O) groups excluding carboxylic acids is 2. The molecular weight excluding hydrogens is 328 g/mol. The van der Waals surface area contributed by atoms with Crippen LogP contribution in [-0.2, 0) is 20.7 Å². The smallest absolute Gasteiger partial charge is 0.330 e. The molecule has 3 aliphatic carbocycles. The van der Waals surface area contributed by atoms with Gasteiger partial charge in [-0.2, -0.15) is 0 Å². The Labute approximate surface area is 154 Å². The molecule has 0 spiro atoms. The van der Waals surface area contributed by atoms with Crippen LogP contribution in [-0.4, -0.2) is 26.0 Å². The van der Waals surface area contributed by atoms with Crippen LogP contribution in [0.1, 0.15) is 49.7 Å². The molecular formula is C22H26O4. The number of ketones is 1. The standard InChI is InChI=1S/C22H26O4/c1-22-9-8-17-16-7-5-15(25-2)10-13(16)4-6-18(17)19(22)11-14(21(22)24)12-20(23)26-3/h5,7,10,12,17-19H,4,6,8-9,11H2,1-3H3/b14-12+. The fourth-order valence-corrected chi connectivity index (χ4v) is 5.69. The Hall–Kier alpha value is -2.10. The Bertz CT molecular complexity index is 793. The maximum atomic E-state index is 13.0. The van der Waals surface area contributed by atoms with Crippen molar-refractivity contribution in [2.45, 2.75) is 44.9 Å². The van der Waals surface area contributed by atoms with Crippen molar-refractivity contribution in [3.05, 3.63) is 41.0 Å². The van der Waals surface area contributed by atoms with Crippen LogP contribution in [0, 0.1) is 17.3 Å². The van der Waals surface area contributed by atoms with E-state index in [1.54, 1.807) is 7.11 Å². The van der Waals surface area contributed by atoms with E-state index in [4.69, 9.17) is 9.47 Å². The first-order valence-corrected chi connectivity index (χ1v) is 9.48. The Morgan fingerprint density at radius 3 is 2.81 bits per heavy atom. The predicted octanol–water partition coefficient (Wildman–Crippen LogP) is 3.83. The number of hydrogen-bond donors (Lipinski definition) is 0. The van der Waals surface area contributed by atoms with Crippen molar-refractivity contribution in [2.75, 3.05) is 14.2 Å². The van der Waals surface area contributed by atoms with Gasteiger partial charge in [-0.1, -0.05) is 13.0 Å². The highest BCUT2D eigenvalue weighted by Crippen LogP contribution is 2.60. The van der Waals surface area contributed by atoms with Gasteiger partial charge in [0.05, 0.1) is 14.2 Å². The van der Waals surface area contributed by atoms with E-state index in [2.05, 4.69) is 25.1 Å². The third-order valence-electron chi connectivity index (χ3n) is 7.07. The largest absolute Gasteiger partial charge is 0.497 e. The van der Waals surface area contributed by atoms with Crippen LogP contribution in [0.4, 0.5) is 0 Å². The average Bonchev–Trinajstić information content (AvgIpc) is 2.91. The molecule has 0 heterocycles. The molecule has 4 unspecified atom stereocenters. The second-order valence-electron chi connectivity index (χ2n) is 8.16. The zero-order valence-electron chi connectivity index (χ0n) is 15.7. The molecule has 1 aromatic rings. The van der Waals surface area contributed by atoms with Gasteiger partial charge in [-0.15, -0.1) is 0 Å². The lowest BCUT2D eigenvalue weighted by Crippen LogP contribution is -2.42. The maximum Gasteiger partial charge on any atom is 0.330 e. The molecule has 0 aromatic heterocycles. The van der Waals surface area contributed by atoms with E-state index in [-0.39, 0.29) is 11.2 Å². The van der Waals surface area contributed by atoms with E-state index in [0.29, 0.717) is 29.7 Å². The van der Waals surface area contributed by atoms with Gasteiger partial charge in [-0.3, -0.25) is 4.79 Å². The van der Waals surface area contributed by atoms with E-state index in [0.717, 1.165) is 31.4 Å². The number of hydrogen-bond acceptors (Lipinski definition) is 4. The molecule has 4 atom stereocenters. The molecule has 2 fully saturated rings. The number of Topliss-reactive ketones (excluding diaryl/α,β-unsaturated/α-hetero) is 1. The predicted molar refractivity (Wildman–Crippen MR) is 98.1 cm³/mol. The van der Waals surface area contributed by atoms with Crippen molar-refractivity contribution in [3.8, 4) is 5.75 Å². The zero-order valence-corrected chi connectivity index (χ0v) is 15.7. The SMILES string of the molecule is COC(=O)/C=C1\CC2C3CCc4cc(OC)ccc4C3CCC2(C)C1=O. The molecule has 0 saturated heterocycles. The van der Waals surface area contributed by atoms with Gasteiger partial charge in [0.1, 0.15) is 5.75 Å². The van der Waals surface area contributed by atoms with Crippen LogP contribution in [0.25, 0.3) is 0 Å². The van der Waals surface area contributed by atoms with Gasteiger partial charge in [0, 0.05) is 17.1 Å². The van der Waals surface area contributed by atoms with E-state index >= 15 is 0 Å². The van der Waals surface area contributed by atoms with Crippen LogP contribution >= 0.6 is 0 Å². The third-order valence-corrected chi connectivity index (χ3v) is 7.07. The van der Waals surface area contributed by atoms with Crippen molar-refractivity contribution in [2.24, 2.45) is 17.3 Å². The Morgan fingerprint density at radius 2 is 2.08 bits per heavy atom. The summed E-state index contributed by atoms with van der Waals surface area (Å²) in [7, 11) is 3.06. The summed E-state index contributed by atoms with van der Waals surface area (Å²) in [6.45, 7) is 2.11. The fraction of sp³-hybridized carbons (Fsp3) is 0.545. The number of aryl methyl sites for hydroxylation is 1. The van der Waals surface area contributed by atoms with Crippen LogP contribution in [0.15, 0.2) is 29.8 Å². The third kappa shape index (κ3) is 2.50. The number of esters is 1. The minimum atomic E-state index is -0.423. The first kappa shape index (κ1) is 17.3. The molecule has 0 aliphatic heterocycles. The minimum Gasteiger partial charge on any atom is -0.497 e. The van der Waals surface area contributed by atoms with E-state index in [1.165, 1.54) is 24.3 Å². The van der Waals surface area contributed by atoms with Crippen molar-refractivity contribution in [3.63, 3.8) is 0 Å². The fourth-order valence-electron chi connectivity index (χ4n) is 5.69. The molecule has 0 N–H and O–H groups in total. The molecule has 3 aliphatic rings. The summed E-state index contributed by atoms with van der Waals surface area (Å²) >= 11 is 0. The summed E-state index contributed by atoms with van der Waals surface area (Å²) in [5.41, 5.74) is 3.15. The highest BCUT2D eigenvalue weighted by Gasteiger charge is 2.56. The van der Waals surface area contributed by atoms with Crippen molar-refractivity contribution in [1.82, 2.24) is 0 Å². The van der Waals surface area contributed by atoms with E-state index in [9.17, 15) is 9.59 Å². The molecule has 138 valence electrons. The molecule has 4 rings (SSSR count). The Balaban J connectivity index is 1.67. The molecule has 2 saturated carbocycles. The molecule has 4 nitrogen and oxygen atoms in total. The van der Waals surface area contributed by atoms with Gasteiger partial charge in [0.2, 0.25) is 0 Å². The molecule has 1 aromatic carbocycles. The molecule has 0 bridgehead atoms. The number of benzene rings is 1. The Morgan fingerprint density at radius 1 is 1.27 bits per heavy atom. The number of methoxy groups -OCH3 is 2. The van der Waals surface area contributed by atoms with Crippen LogP contribution in [0.5, 0.6) is 5.75 Å². The van der Waals surface area contributed by atoms with Crippen molar-refractivity contribution < 1.29 is 19.1 Å². The second kappa shape index (κ2) is 6.26. The minimum absolute atomic E-state index is 0.159. The highest BCUT2D eigenvalue weighted by atomic mass is 16.5. The monoisotopic (exact) mass is 354 g/mol. The van der Waals surface area contributed by atoms with Crippen LogP contribution in [0.3, 0.4) is 0 Å². The zero-order chi connectivity index (χ0) is 18.5. The molecule has 26 heavy (non-hydrogen) atoms. The van der Waals surface area contributed by atoms with Crippen molar-refractivity contribution >= 4 is 11.8 Å². The maximum absolute atomic E-state index is 13.0. The second-order valence-corrected chi connectivity index (χ2v) is 8.16. The molecule has 4 heteroatoms. The van der Waals surface area contributed by atoms with Gasteiger partial charge in [0.25, 0.3) is 0 Å². The molecule has 0 amide bonds. The first-order chi connectivity index (χ1) is 12.5. The Kier molecular flexibility index (Phi) is 4.17. The normalized spacial score (nSPS) is 34.0. The lowest BCUT2D eigenvalue weighted by atomic mass is 9.55. The van der Waals surface area contributed by atoms with E-state index < -0.39 is 5.97 Å². The lowest BCUT2D eigenvalue weighted by Gasteiger charge is -2.48. The summed E-state index contributed by atoms with van der Waals surface area (Å²) in [5.74, 6) is 1.98. The summed E-state index contributed by atoms with van der Waals surface area (Å²) < 4.78 is 10.1. The number of allylic oxidation sites excluding steroid dienone is 1. The summed E-state index contributed by atoms with van der Waals surface area (Å²) in [5, 5.41) is 0. The summed E-state index contributed by atoms with van der Waals surface area (Å²) in [6.07, 6.45) is 6.18. The number of ether oxygens (including phenoxy) is 2. The number of fused-ring (bicyclic) bond motifs is 5. The van der Waals surface area contributed by atoms with Crippen LogP contribution in [0.2, 0.25) is 0 Å². The lowest BCUT2D eigenvalue weighted by molar-refractivity contribution is -0.135. The molecule has 0 radical (unpaired) electrons. The highest BCUT2D eigenvalue weighted by molar-refractivity contribution is 6.06. The number of rotatable bonds is 2. The van der Waals surface area contributed by atoms with Gasteiger partial charge in [0.15, 0.2) is 5.78 Å². The first-order valence-electron chi connectivity index (χ1n) is 9.48. The van der Waals surface area contributed by atoms with E-state index in [1.807, 2.05) is 0 Å². The quantitative estimate of drug-likeness (QED) is 0.598. The summed E-state index contributed by atoms with van der Waals surface area (Å²) in [6, 6.07) is 6.44.